The predicted octanol–water partition coefficient (Wildman–Crippen LogP) is 2.74. The molecule has 0 spiro atoms. The van der Waals surface area contributed by atoms with Crippen molar-refractivity contribution in [2.75, 3.05) is 31.7 Å². The summed E-state index contributed by atoms with van der Waals surface area (Å²) < 4.78 is 1.43. The van der Waals surface area contributed by atoms with Gasteiger partial charge in [-0.05, 0) is 49.1 Å². The fraction of sp³-hybridized carbons (Fsp3) is 0.545. The van der Waals surface area contributed by atoms with Gasteiger partial charge in [-0.2, -0.15) is 4.98 Å². The summed E-state index contributed by atoms with van der Waals surface area (Å²) in [6.45, 7) is 7.40. The van der Waals surface area contributed by atoms with Crippen molar-refractivity contribution in [1.29, 1.82) is 0 Å². The second kappa shape index (κ2) is 13.4. The Kier molecular flexibility index (Phi) is 11.3. The Labute approximate surface area is 209 Å². The van der Waals surface area contributed by atoms with Crippen LogP contribution in [0.1, 0.15) is 38.2 Å². The van der Waals surface area contributed by atoms with Gasteiger partial charge in [0.15, 0.2) is 5.82 Å². The molecule has 4 N–H and O–H groups in total. The maximum absolute atomic E-state index is 11.9. The second-order valence-corrected chi connectivity index (χ2v) is 8.23. The van der Waals surface area contributed by atoms with Crippen molar-refractivity contribution in [2.45, 2.75) is 45.2 Å². The number of rotatable bonds is 4. The van der Waals surface area contributed by atoms with Gasteiger partial charge < -0.3 is 11.1 Å². The van der Waals surface area contributed by atoms with Crippen LogP contribution in [0.3, 0.4) is 0 Å². The quantitative estimate of drug-likeness (QED) is 0.555. The summed E-state index contributed by atoms with van der Waals surface area (Å²) in [5.74, 6) is 1.07. The summed E-state index contributed by atoms with van der Waals surface area (Å²) in [5, 5.41) is 13.0. The van der Waals surface area contributed by atoms with E-state index in [4.69, 9.17) is 10.9 Å². The standard InChI is InChI=1S/C16H21N5O2.C6H12N.Y/c17-13-2-1-8-20(11-13)10-12-3-5-14(6-4-12)21-9-7-15(19-23)18-16(21)22;1-6-2-4-7-5-3-6;/h3-7,9,13,23H,1-2,8,10-11,17H2,(H,18,19,22);6H,2-5H2,1H3;/q;-1;. The molecule has 2 aliphatic rings. The van der Waals surface area contributed by atoms with E-state index in [1.165, 1.54) is 29.0 Å². The molecule has 0 bridgehead atoms. The summed E-state index contributed by atoms with van der Waals surface area (Å²) in [6, 6.07) is 9.62. The average molecular weight is 502 g/mol. The number of nitrogens with two attached hydrogens (primary N) is 1. The van der Waals surface area contributed by atoms with Crippen LogP contribution in [0, 0.1) is 5.92 Å². The molecule has 9 heteroatoms. The SMILES string of the molecule is CC1CC[N-]CC1.NC1CCCN(Cc2ccc(-n3ccc(NO)nc3=O)cc2)C1.[Y]. The zero-order valence-corrected chi connectivity index (χ0v) is 21.1. The molecule has 2 aliphatic heterocycles. The largest absolute Gasteiger partial charge is 0.662 e. The molecule has 2 saturated heterocycles. The average Bonchev–Trinajstić information content (AvgIpc) is 2.75. The molecular formula is C22H33N6O2Y-. The van der Waals surface area contributed by atoms with Gasteiger partial charge in [-0.25, -0.2) is 4.79 Å². The van der Waals surface area contributed by atoms with Gasteiger partial charge in [-0.15, -0.1) is 13.1 Å². The number of piperidine rings is 2. The number of aromatic nitrogens is 2. The number of likely N-dealkylation sites (tertiary alicyclic amines) is 1. The minimum absolute atomic E-state index is 0. The number of benzene rings is 1. The molecular weight excluding hydrogens is 469 g/mol. The molecule has 0 saturated carbocycles. The van der Waals surface area contributed by atoms with Crippen molar-refractivity contribution in [3.05, 3.63) is 57.9 Å². The van der Waals surface area contributed by atoms with E-state index in [1.807, 2.05) is 29.7 Å². The molecule has 4 rings (SSSR count). The van der Waals surface area contributed by atoms with Gasteiger partial charge in [0, 0.05) is 58.0 Å². The summed E-state index contributed by atoms with van der Waals surface area (Å²) in [6.07, 6.45) is 6.46. The monoisotopic (exact) mass is 502 g/mol. The molecule has 3 heterocycles. The smallest absolute Gasteiger partial charge is 0.354 e. The minimum atomic E-state index is -0.446. The Balaban J connectivity index is 0.000000364. The van der Waals surface area contributed by atoms with Crippen molar-refractivity contribution in [2.24, 2.45) is 11.7 Å². The van der Waals surface area contributed by atoms with E-state index < -0.39 is 5.69 Å². The van der Waals surface area contributed by atoms with E-state index in [2.05, 4.69) is 22.1 Å². The van der Waals surface area contributed by atoms with Crippen LogP contribution < -0.4 is 16.9 Å². The number of anilines is 1. The van der Waals surface area contributed by atoms with Crippen molar-refractivity contribution in [3.8, 4) is 5.69 Å². The first kappa shape index (κ1) is 26.1. The van der Waals surface area contributed by atoms with E-state index in [0.29, 0.717) is 0 Å². The molecule has 1 radical (unpaired) electrons. The summed E-state index contributed by atoms with van der Waals surface area (Å²) >= 11 is 0. The molecule has 1 aromatic heterocycles. The van der Waals surface area contributed by atoms with Crippen LogP contribution in [-0.2, 0) is 39.3 Å². The summed E-state index contributed by atoms with van der Waals surface area (Å²) in [4.78, 5) is 18.0. The molecule has 167 valence electrons. The Morgan fingerprint density at radius 1 is 1.19 bits per heavy atom. The zero-order chi connectivity index (χ0) is 21.3. The molecule has 0 amide bonds. The summed E-state index contributed by atoms with van der Waals surface area (Å²) in [5.41, 5.74) is 9.36. The molecule has 8 nitrogen and oxygen atoms in total. The van der Waals surface area contributed by atoms with Crippen LogP contribution in [-0.4, -0.2) is 51.9 Å². The van der Waals surface area contributed by atoms with Gasteiger partial charge in [0.2, 0.25) is 0 Å². The molecule has 1 unspecified atom stereocenters. The van der Waals surface area contributed by atoms with Gasteiger partial charge in [0.05, 0.1) is 5.69 Å². The zero-order valence-electron chi connectivity index (χ0n) is 18.3. The van der Waals surface area contributed by atoms with E-state index in [1.54, 1.807) is 6.20 Å². The Morgan fingerprint density at radius 3 is 2.45 bits per heavy atom. The van der Waals surface area contributed by atoms with Crippen molar-refractivity contribution in [3.63, 3.8) is 0 Å². The van der Waals surface area contributed by atoms with Gasteiger partial charge in [-0.1, -0.05) is 31.9 Å². The van der Waals surface area contributed by atoms with Crippen molar-refractivity contribution >= 4 is 5.82 Å². The van der Waals surface area contributed by atoms with E-state index in [9.17, 15) is 4.79 Å². The minimum Gasteiger partial charge on any atom is -0.662 e. The molecule has 1 atom stereocenters. The maximum atomic E-state index is 11.9. The second-order valence-electron chi connectivity index (χ2n) is 8.23. The molecule has 1 aromatic carbocycles. The van der Waals surface area contributed by atoms with E-state index >= 15 is 0 Å². The number of nitrogens with zero attached hydrogens (tertiary/aromatic N) is 4. The van der Waals surface area contributed by atoms with Crippen LogP contribution in [0.2, 0.25) is 0 Å². The van der Waals surface area contributed by atoms with Crippen LogP contribution >= 0.6 is 0 Å². The Bertz CT molecular complexity index is 839. The molecule has 2 fully saturated rings. The number of hydrogen-bond donors (Lipinski definition) is 3. The fourth-order valence-electron chi connectivity index (χ4n) is 3.80. The molecule has 31 heavy (non-hydrogen) atoms. The van der Waals surface area contributed by atoms with Crippen LogP contribution in [0.25, 0.3) is 11.0 Å². The fourth-order valence-corrected chi connectivity index (χ4v) is 3.80. The first-order chi connectivity index (χ1) is 14.5. The van der Waals surface area contributed by atoms with Crippen molar-refractivity contribution < 1.29 is 37.9 Å². The van der Waals surface area contributed by atoms with Gasteiger partial charge in [0.25, 0.3) is 0 Å². The summed E-state index contributed by atoms with van der Waals surface area (Å²) in [7, 11) is 0. The Morgan fingerprint density at radius 2 is 1.90 bits per heavy atom. The van der Waals surface area contributed by atoms with E-state index in [-0.39, 0.29) is 44.6 Å². The van der Waals surface area contributed by atoms with Crippen LogP contribution in [0.4, 0.5) is 5.82 Å². The van der Waals surface area contributed by atoms with E-state index in [0.717, 1.165) is 57.2 Å². The van der Waals surface area contributed by atoms with Crippen LogP contribution in [0.15, 0.2) is 41.3 Å². The third-order valence-corrected chi connectivity index (χ3v) is 5.64. The van der Waals surface area contributed by atoms with Crippen molar-refractivity contribution in [1.82, 2.24) is 14.5 Å². The van der Waals surface area contributed by atoms with Gasteiger partial charge in [0.1, 0.15) is 0 Å². The maximum Gasteiger partial charge on any atom is 0.354 e. The third-order valence-electron chi connectivity index (χ3n) is 5.64. The molecule has 2 aromatic rings. The molecule has 0 aliphatic carbocycles. The van der Waals surface area contributed by atoms with Gasteiger partial charge in [-0.3, -0.25) is 20.2 Å². The first-order valence-corrected chi connectivity index (χ1v) is 10.8. The topological polar surface area (TPSA) is 111 Å². The Hall–Kier alpha value is -1.16. The predicted molar refractivity (Wildman–Crippen MR) is 119 cm³/mol. The normalized spacial score (nSPS) is 19.6. The van der Waals surface area contributed by atoms with Gasteiger partial charge >= 0.3 is 5.69 Å². The third kappa shape index (κ3) is 8.37. The number of hydrogen-bond acceptors (Lipinski definition) is 6. The van der Waals surface area contributed by atoms with Crippen LogP contribution in [0.5, 0.6) is 0 Å². The first-order valence-electron chi connectivity index (χ1n) is 10.8. The number of nitrogens with one attached hydrogen (secondary N) is 1.